The topological polar surface area (TPSA) is 64.6 Å². The van der Waals surface area contributed by atoms with Gasteiger partial charge in [-0.2, -0.15) is 0 Å². The molecule has 0 spiro atoms. The van der Waals surface area contributed by atoms with Crippen LogP contribution < -0.4 is 14.8 Å². The summed E-state index contributed by atoms with van der Waals surface area (Å²) in [4.78, 5) is 23.6. The molecule has 1 amide bonds. The summed E-state index contributed by atoms with van der Waals surface area (Å²) in [5, 5.41) is 2.79. The van der Waals surface area contributed by atoms with E-state index >= 15 is 0 Å². The average Bonchev–Trinajstić information content (AvgIpc) is 2.59. The monoisotopic (exact) mass is 327 g/mol. The summed E-state index contributed by atoms with van der Waals surface area (Å²) in [6.45, 7) is 3.72. The Hall–Kier alpha value is -2.82. The molecule has 0 heterocycles. The van der Waals surface area contributed by atoms with Gasteiger partial charge >= 0.3 is 0 Å². The second-order valence-electron chi connectivity index (χ2n) is 5.47. The fraction of sp³-hybridized carbons (Fsp3) is 0.263. The number of hydrogen-bond donors (Lipinski definition) is 1. The molecule has 1 N–H and O–H groups in total. The van der Waals surface area contributed by atoms with Crippen molar-refractivity contribution in [2.45, 2.75) is 20.4 Å². The van der Waals surface area contributed by atoms with Crippen molar-refractivity contribution >= 4 is 11.7 Å². The molecule has 2 aromatic rings. The molecule has 0 saturated carbocycles. The summed E-state index contributed by atoms with van der Waals surface area (Å²) >= 11 is 0. The van der Waals surface area contributed by atoms with Crippen molar-refractivity contribution in [2.24, 2.45) is 0 Å². The van der Waals surface area contributed by atoms with Crippen LogP contribution >= 0.6 is 0 Å². The van der Waals surface area contributed by atoms with E-state index in [4.69, 9.17) is 9.47 Å². The summed E-state index contributed by atoms with van der Waals surface area (Å²) in [7, 11) is 1.53. The number of Topliss-reactive ketones (excluding diaryl/α,β-unsaturated/α-hetero) is 1. The summed E-state index contributed by atoms with van der Waals surface area (Å²) in [6, 6.07) is 12.8. The minimum atomic E-state index is -0.257. The number of aryl methyl sites for hydroxylation is 1. The molecule has 2 aromatic carbocycles. The van der Waals surface area contributed by atoms with E-state index in [1.807, 2.05) is 31.2 Å². The van der Waals surface area contributed by atoms with Crippen LogP contribution in [0.3, 0.4) is 0 Å². The number of benzene rings is 2. The first-order valence-electron chi connectivity index (χ1n) is 7.63. The van der Waals surface area contributed by atoms with Gasteiger partial charge in [0.2, 0.25) is 0 Å². The zero-order valence-corrected chi connectivity index (χ0v) is 14.1. The molecule has 24 heavy (non-hydrogen) atoms. The quantitative estimate of drug-likeness (QED) is 0.794. The maximum absolute atomic E-state index is 11.9. The van der Waals surface area contributed by atoms with Gasteiger partial charge in [0, 0.05) is 12.6 Å². The maximum Gasteiger partial charge on any atom is 0.258 e. The number of hydrogen-bond acceptors (Lipinski definition) is 4. The zero-order chi connectivity index (χ0) is 17.5. The van der Waals surface area contributed by atoms with Crippen molar-refractivity contribution in [3.63, 3.8) is 0 Å². The van der Waals surface area contributed by atoms with E-state index < -0.39 is 0 Å². The highest BCUT2D eigenvalue weighted by Crippen LogP contribution is 2.25. The van der Waals surface area contributed by atoms with Crippen LogP contribution in [0, 0.1) is 6.92 Å². The van der Waals surface area contributed by atoms with Gasteiger partial charge in [-0.15, -0.1) is 0 Å². The molecule has 0 atom stereocenters. The SMILES string of the molecule is COc1ccc(C(C)=O)c(OCC(=O)NCc2ccc(C)cc2)c1. The Morgan fingerprint density at radius 2 is 1.79 bits per heavy atom. The third-order valence-corrected chi connectivity index (χ3v) is 3.54. The zero-order valence-electron chi connectivity index (χ0n) is 14.1. The van der Waals surface area contributed by atoms with Gasteiger partial charge in [0.05, 0.1) is 12.7 Å². The van der Waals surface area contributed by atoms with Gasteiger partial charge in [-0.05, 0) is 31.5 Å². The van der Waals surface area contributed by atoms with Crippen LogP contribution in [0.4, 0.5) is 0 Å². The number of ether oxygens (including phenoxy) is 2. The molecule has 2 rings (SSSR count). The predicted molar refractivity (Wildman–Crippen MR) is 91.5 cm³/mol. The van der Waals surface area contributed by atoms with Crippen LogP contribution in [0.25, 0.3) is 0 Å². The van der Waals surface area contributed by atoms with Crippen molar-refractivity contribution < 1.29 is 19.1 Å². The fourth-order valence-corrected chi connectivity index (χ4v) is 2.14. The number of carbonyl (C=O) groups excluding carboxylic acids is 2. The van der Waals surface area contributed by atoms with Crippen LogP contribution in [0.15, 0.2) is 42.5 Å². The van der Waals surface area contributed by atoms with Gasteiger partial charge < -0.3 is 14.8 Å². The Morgan fingerprint density at radius 3 is 2.42 bits per heavy atom. The minimum Gasteiger partial charge on any atom is -0.497 e. The van der Waals surface area contributed by atoms with E-state index in [0.717, 1.165) is 5.56 Å². The summed E-state index contributed by atoms with van der Waals surface area (Å²) in [6.07, 6.45) is 0. The van der Waals surface area contributed by atoms with Gasteiger partial charge in [-0.1, -0.05) is 29.8 Å². The van der Waals surface area contributed by atoms with Crippen LogP contribution in [0.1, 0.15) is 28.4 Å². The molecule has 0 unspecified atom stereocenters. The van der Waals surface area contributed by atoms with E-state index in [9.17, 15) is 9.59 Å². The number of ketones is 1. The summed E-state index contributed by atoms with van der Waals surface area (Å²) < 4.78 is 10.6. The molecule has 0 saturated heterocycles. The number of carbonyl (C=O) groups is 2. The van der Waals surface area contributed by atoms with Crippen molar-refractivity contribution in [1.29, 1.82) is 0 Å². The lowest BCUT2D eigenvalue weighted by Crippen LogP contribution is -2.28. The Kier molecular flexibility index (Phi) is 5.95. The van der Waals surface area contributed by atoms with Crippen molar-refractivity contribution in [2.75, 3.05) is 13.7 Å². The Labute approximate surface area is 141 Å². The predicted octanol–water partition coefficient (Wildman–Crippen LogP) is 2.90. The molecule has 5 nitrogen and oxygen atoms in total. The number of methoxy groups -OCH3 is 1. The minimum absolute atomic E-state index is 0.132. The molecule has 0 radical (unpaired) electrons. The third-order valence-electron chi connectivity index (χ3n) is 3.54. The molecule has 0 aliphatic heterocycles. The maximum atomic E-state index is 11.9. The first-order valence-corrected chi connectivity index (χ1v) is 7.63. The summed E-state index contributed by atoms with van der Waals surface area (Å²) in [5.74, 6) is 0.517. The highest BCUT2D eigenvalue weighted by atomic mass is 16.5. The number of rotatable bonds is 7. The van der Waals surface area contributed by atoms with E-state index in [1.165, 1.54) is 19.6 Å². The lowest BCUT2D eigenvalue weighted by atomic mass is 10.1. The van der Waals surface area contributed by atoms with Gasteiger partial charge in [-0.3, -0.25) is 9.59 Å². The molecule has 0 fully saturated rings. The van der Waals surface area contributed by atoms with E-state index in [2.05, 4.69) is 5.32 Å². The van der Waals surface area contributed by atoms with E-state index in [0.29, 0.717) is 23.6 Å². The smallest absolute Gasteiger partial charge is 0.258 e. The van der Waals surface area contributed by atoms with Crippen LogP contribution in [-0.2, 0) is 11.3 Å². The third kappa shape index (κ3) is 4.84. The van der Waals surface area contributed by atoms with Crippen molar-refractivity contribution in [1.82, 2.24) is 5.32 Å². The molecular weight excluding hydrogens is 306 g/mol. The Balaban J connectivity index is 1.93. The van der Waals surface area contributed by atoms with E-state index in [1.54, 1.807) is 18.2 Å². The lowest BCUT2D eigenvalue weighted by Gasteiger charge is -2.11. The Bertz CT molecular complexity index is 723. The fourth-order valence-electron chi connectivity index (χ4n) is 2.14. The first kappa shape index (κ1) is 17.5. The molecule has 0 aliphatic carbocycles. The largest absolute Gasteiger partial charge is 0.497 e. The van der Waals surface area contributed by atoms with Crippen LogP contribution in [-0.4, -0.2) is 25.4 Å². The second-order valence-corrected chi connectivity index (χ2v) is 5.47. The van der Waals surface area contributed by atoms with Gasteiger partial charge in [0.15, 0.2) is 12.4 Å². The molecule has 0 bridgehead atoms. The van der Waals surface area contributed by atoms with Crippen LogP contribution in [0.5, 0.6) is 11.5 Å². The summed E-state index contributed by atoms with van der Waals surface area (Å²) in [5.41, 5.74) is 2.60. The molecular formula is C19H21NO4. The highest BCUT2D eigenvalue weighted by Gasteiger charge is 2.12. The Morgan fingerprint density at radius 1 is 1.08 bits per heavy atom. The lowest BCUT2D eigenvalue weighted by molar-refractivity contribution is -0.123. The number of nitrogens with one attached hydrogen (secondary N) is 1. The molecule has 5 heteroatoms. The first-order chi connectivity index (χ1) is 11.5. The van der Waals surface area contributed by atoms with Crippen molar-refractivity contribution in [3.8, 4) is 11.5 Å². The van der Waals surface area contributed by atoms with Gasteiger partial charge in [0.25, 0.3) is 5.91 Å². The van der Waals surface area contributed by atoms with E-state index in [-0.39, 0.29) is 18.3 Å². The molecule has 126 valence electrons. The van der Waals surface area contributed by atoms with Gasteiger partial charge in [-0.25, -0.2) is 0 Å². The highest BCUT2D eigenvalue weighted by molar-refractivity contribution is 5.97. The second kappa shape index (κ2) is 8.15. The molecule has 0 aliphatic rings. The normalized spacial score (nSPS) is 10.1. The van der Waals surface area contributed by atoms with Crippen LogP contribution in [0.2, 0.25) is 0 Å². The average molecular weight is 327 g/mol. The van der Waals surface area contributed by atoms with Crippen molar-refractivity contribution in [3.05, 3.63) is 59.2 Å². The number of amides is 1. The van der Waals surface area contributed by atoms with Gasteiger partial charge in [0.1, 0.15) is 11.5 Å². The standard InChI is InChI=1S/C19H21NO4/c1-13-4-6-15(7-5-13)11-20-19(22)12-24-18-10-16(23-3)8-9-17(18)14(2)21/h4-10H,11-12H2,1-3H3,(H,20,22). The molecule has 0 aromatic heterocycles.